The lowest BCUT2D eigenvalue weighted by Gasteiger charge is -2.33. The maximum Gasteiger partial charge on any atom is 0.240 e. The molecular formula is C25H17N3O2. The summed E-state index contributed by atoms with van der Waals surface area (Å²) in [4.78, 5) is 30.5. The van der Waals surface area contributed by atoms with E-state index in [0.717, 1.165) is 21.9 Å². The van der Waals surface area contributed by atoms with Gasteiger partial charge in [0.25, 0.3) is 0 Å². The van der Waals surface area contributed by atoms with Crippen molar-refractivity contribution in [1.29, 1.82) is 5.26 Å². The molecule has 144 valence electrons. The van der Waals surface area contributed by atoms with Gasteiger partial charge in [-0.05, 0) is 28.7 Å². The minimum absolute atomic E-state index is 0.223. The molecule has 3 aromatic rings. The Hall–Kier alpha value is -3.91. The van der Waals surface area contributed by atoms with Crippen LogP contribution in [-0.2, 0) is 9.59 Å². The summed E-state index contributed by atoms with van der Waals surface area (Å²) in [6.45, 7) is 0. The number of nitrogens with zero attached hydrogens (tertiary/aromatic N) is 3. The van der Waals surface area contributed by atoms with Crippen molar-refractivity contribution >= 4 is 34.4 Å². The Morgan fingerprint density at radius 1 is 0.833 bits per heavy atom. The minimum atomic E-state index is -0.678. The molecule has 30 heavy (non-hydrogen) atoms. The zero-order valence-corrected chi connectivity index (χ0v) is 16.0. The zero-order valence-electron chi connectivity index (χ0n) is 16.0. The van der Waals surface area contributed by atoms with Gasteiger partial charge in [0.2, 0.25) is 11.8 Å². The molecule has 6 rings (SSSR count). The second kappa shape index (κ2) is 6.04. The minimum Gasteiger partial charge on any atom is -0.353 e. The maximum atomic E-state index is 13.7. The van der Waals surface area contributed by atoms with Gasteiger partial charge >= 0.3 is 0 Å². The van der Waals surface area contributed by atoms with E-state index < -0.39 is 17.9 Å². The van der Waals surface area contributed by atoms with Gasteiger partial charge < -0.3 is 4.90 Å². The summed E-state index contributed by atoms with van der Waals surface area (Å²) in [6.07, 6.45) is 3.82. The van der Waals surface area contributed by atoms with Crippen molar-refractivity contribution in [3.8, 4) is 6.07 Å². The van der Waals surface area contributed by atoms with Crippen molar-refractivity contribution in [2.75, 3.05) is 4.90 Å². The Bertz CT molecular complexity index is 1300. The summed E-state index contributed by atoms with van der Waals surface area (Å²) in [5.74, 6) is -1.76. The summed E-state index contributed by atoms with van der Waals surface area (Å²) in [6, 6.07) is 22.6. The molecule has 2 saturated heterocycles. The van der Waals surface area contributed by atoms with E-state index in [1.807, 2.05) is 83.9 Å². The number of benzene rings is 3. The van der Waals surface area contributed by atoms with E-state index in [1.54, 1.807) is 0 Å². The molecule has 0 aliphatic carbocycles. The first kappa shape index (κ1) is 17.0. The summed E-state index contributed by atoms with van der Waals surface area (Å²) in [7, 11) is 0. The molecule has 2 amide bonds. The van der Waals surface area contributed by atoms with Gasteiger partial charge in [0.15, 0.2) is 0 Å². The van der Waals surface area contributed by atoms with Crippen LogP contribution in [0.5, 0.6) is 0 Å². The molecule has 0 spiro atoms. The molecule has 0 radical (unpaired) electrons. The van der Waals surface area contributed by atoms with Gasteiger partial charge in [-0.3, -0.25) is 9.59 Å². The predicted molar refractivity (Wildman–Crippen MR) is 113 cm³/mol. The lowest BCUT2D eigenvalue weighted by Crippen LogP contribution is -2.40. The van der Waals surface area contributed by atoms with Crippen LogP contribution < -0.4 is 4.90 Å². The summed E-state index contributed by atoms with van der Waals surface area (Å²) in [5.41, 5.74) is 2.62. The number of rotatable bonds is 1. The standard InChI is InChI=1S/C25H17N3O2/c26-14-20-21-22(23-18-10-4-2-7-16(18)12-13-27(20)23)25(30)28(24(21)29)19-11-5-8-15-6-1-3-9-17(15)19/h1-13,20-23H/t20-,21-,22+,23+/m0/s1. The topological polar surface area (TPSA) is 64.4 Å². The van der Waals surface area contributed by atoms with Crippen LogP contribution in [0.25, 0.3) is 16.8 Å². The largest absolute Gasteiger partial charge is 0.353 e. The molecule has 3 aromatic carbocycles. The van der Waals surface area contributed by atoms with Crippen molar-refractivity contribution in [3.63, 3.8) is 0 Å². The second-order valence-electron chi connectivity index (χ2n) is 7.97. The summed E-state index contributed by atoms with van der Waals surface area (Å²) >= 11 is 0. The number of nitriles is 1. The zero-order chi connectivity index (χ0) is 20.4. The quantitative estimate of drug-likeness (QED) is 0.591. The van der Waals surface area contributed by atoms with Crippen molar-refractivity contribution in [2.45, 2.75) is 12.1 Å². The van der Waals surface area contributed by atoms with Crippen LogP contribution in [0.1, 0.15) is 17.2 Å². The van der Waals surface area contributed by atoms with Crippen molar-refractivity contribution in [3.05, 3.63) is 84.1 Å². The van der Waals surface area contributed by atoms with E-state index in [0.29, 0.717) is 5.69 Å². The molecule has 2 fully saturated rings. The fourth-order valence-corrected chi connectivity index (χ4v) is 5.35. The molecule has 3 heterocycles. The van der Waals surface area contributed by atoms with Gasteiger partial charge in [-0.15, -0.1) is 0 Å². The van der Waals surface area contributed by atoms with Gasteiger partial charge in [0.05, 0.1) is 29.6 Å². The number of anilines is 1. The number of hydrogen-bond donors (Lipinski definition) is 0. The van der Waals surface area contributed by atoms with Crippen LogP contribution >= 0.6 is 0 Å². The number of carbonyl (C=O) groups excluding carboxylic acids is 2. The second-order valence-corrected chi connectivity index (χ2v) is 7.97. The highest BCUT2D eigenvalue weighted by Crippen LogP contribution is 2.53. The summed E-state index contributed by atoms with van der Waals surface area (Å²) < 4.78 is 0. The number of hydrogen-bond acceptors (Lipinski definition) is 4. The lowest BCUT2D eigenvalue weighted by atomic mass is 9.85. The van der Waals surface area contributed by atoms with Crippen molar-refractivity contribution in [2.24, 2.45) is 11.8 Å². The highest BCUT2D eigenvalue weighted by Gasteiger charge is 2.63. The van der Waals surface area contributed by atoms with Gasteiger partial charge in [-0.1, -0.05) is 60.7 Å². The molecule has 0 bridgehead atoms. The predicted octanol–water partition coefficient (Wildman–Crippen LogP) is 3.88. The molecule has 5 nitrogen and oxygen atoms in total. The summed E-state index contributed by atoms with van der Waals surface area (Å²) in [5, 5.41) is 11.8. The number of fused-ring (bicyclic) bond motifs is 6. The van der Waals surface area contributed by atoms with Gasteiger partial charge in [0, 0.05) is 11.6 Å². The fourth-order valence-electron chi connectivity index (χ4n) is 5.35. The Morgan fingerprint density at radius 3 is 2.43 bits per heavy atom. The van der Waals surface area contributed by atoms with Crippen LogP contribution in [0.15, 0.2) is 72.9 Å². The molecule has 3 aliphatic rings. The number of carbonyl (C=O) groups is 2. The van der Waals surface area contributed by atoms with Crippen LogP contribution in [0.4, 0.5) is 5.69 Å². The van der Waals surface area contributed by atoms with E-state index in [2.05, 4.69) is 6.07 Å². The lowest BCUT2D eigenvalue weighted by molar-refractivity contribution is -0.123. The molecule has 4 atom stereocenters. The van der Waals surface area contributed by atoms with E-state index in [4.69, 9.17) is 0 Å². The van der Waals surface area contributed by atoms with Gasteiger partial charge in [0.1, 0.15) is 6.04 Å². The van der Waals surface area contributed by atoms with E-state index in [1.165, 1.54) is 4.90 Å². The van der Waals surface area contributed by atoms with Crippen molar-refractivity contribution in [1.82, 2.24) is 4.90 Å². The molecule has 0 aromatic heterocycles. The molecular weight excluding hydrogens is 374 g/mol. The van der Waals surface area contributed by atoms with E-state index in [-0.39, 0.29) is 17.9 Å². The van der Waals surface area contributed by atoms with Crippen LogP contribution in [0.2, 0.25) is 0 Å². The average Bonchev–Trinajstić information content (AvgIpc) is 3.26. The van der Waals surface area contributed by atoms with Gasteiger partial charge in [-0.2, -0.15) is 5.26 Å². The number of imide groups is 1. The Morgan fingerprint density at radius 2 is 1.57 bits per heavy atom. The molecule has 3 aliphatic heterocycles. The van der Waals surface area contributed by atoms with E-state index in [9.17, 15) is 14.9 Å². The van der Waals surface area contributed by atoms with E-state index >= 15 is 0 Å². The fraction of sp³-hybridized carbons (Fsp3) is 0.160. The normalized spacial score (nSPS) is 26.5. The Kier molecular flexibility index (Phi) is 3.42. The molecule has 0 N–H and O–H groups in total. The highest BCUT2D eigenvalue weighted by atomic mass is 16.2. The third-order valence-corrected chi connectivity index (χ3v) is 6.60. The maximum absolute atomic E-state index is 13.7. The monoisotopic (exact) mass is 391 g/mol. The van der Waals surface area contributed by atoms with Crippen LogP contribution in [-0.4, -0.2) is 22.8 Å². The SMILES string of the molecule is N#C[C@H]1[C@@H]2C(=O)N(c3cccc4ccccc34)C(=O)[C@H]2[C@H]2c3ccccc3C=CN21. The smallest absolute Gasteiger partial charge is 0.240 e. The third-order valence-electron chi connectivity index (χ3n) is 6.60. The first-order valence-electron chi connectivity index (χ1n) is 10.0. The van der Waals surface area contributed by atoms with Crippen LogP contribution in [0.3, 0.4) is 0 Å². The van der Waals surface area contributed by atoms with Crippen LogP contribution in [0, 0.1) is 23.2 Å². The molecule has 5 heteroatoms. The van der Waals surface area contributed by atoms with Gasteiger partial charge in [-0.25, -0.2) is 4.90 Å². The first-order chi connectivity index (χ1) is 14.7. The Labute approximate surface area is 173 Å². The first-order valence-corrected chi connectivity index (χ1v) is 10.0. The molecule has 0 saturated carbocycles. The Balaban J connectivity index is 1.52. The highest BCUT2D eigenvalue weighted by molar-refractivity contribution is 6.25. The average molecular weight is 391 g/mol. The van der Waals surface area contributed by atoms with Crippen molar-refractivity contribution < 1.29 is 9.59 Å². The third kappa shape index (κ3) is 2.05. The number of amides is 2. The molecule has 0 unspecified atom stereocenters.